The predicted octanol–water partition coefficient (Wildman–Crippen LogP) is 3.34. The van der Waals surface area contributed by atoms with E-state index in [1.54, 1.807) is 0 Å². The number of carbonyl (C=O) groups is 1. The molecule has 20 heavy (non-hydrogen) atoms. The van der Waals surface area contributed by atoms with E-state index in [9.17, 15) is 4.79 Å². The second-order valence-electron chi connectivity index (χ2n) is 5.33. The Balaban J connectivity index is 1.76. The van der Waals surface area contributed by atoms with Crippen LogP contribution in [0.4, 0.5) is 0 Å². The van der Waals surface area contributed by atoms with Gasteiger partial charge < -0.3 is 9.52 Å². The molecule has 2 aromatic rings. The average Bonchev–Trinajstić information content (AvgIpc) is 3.18. The lowest BCUT2D eigenvalue weighted by atomic mass is 10.0. The summed E-state index contributed by atoms with van der Waals surface area (Å²) in [4.78, 5) is 15.6. The maximum atomic E-state index is 11.2. The lowest BCUT2D eigenvalue weighted by molar-refractivity contribution is 0.0658. The van der Waals surface area contributed by atoms with Gasteiger partial charge in [0.15, 0.2) is 5.89 Å². The van der Waals surface area contributed by atoms with Crippen molar-refractivity contribution >= 4 is 5.97 Å². The topological polar surface area (TPSA) is 63.3 Å². The molecule has 0 saturated heterocycles. The maximum Gasteiger partial charge on any atom is 0.373 e. The minimum absolute atomic E-state index is 0.0345. The molecule has 1 aliphatic carbocycles. The van der Waals surface area contributed by atoms with E-state index in [1.165, 1.54) is 11.1 Å². The number of aryl methyl sites for hydroxylation is 3. The number of nitrogens with zero attached hydrogens (tertiary/aromatic N) is 1. The van der Waals surface area contributed by atoms with Gasteiger partial charge in [-0.3, -0.25) is 0 Å². The molecule has 0 bridgehead atoms. The third kappa shape index (κ3) is 2.59. The van der Waals surface area contributed by atoms with E-state index in [0.29, 0.717) is 18.0 Å². The highest BCUT2D eigenvalue weighted by Crippen LogP contribution is 2.41. The monoisotopic (exact) mass is 271 g/mol. The van der Waals surface area contributed by atoms with Crippen LogP contribution in [-0.4, -0.2) is 16.1 Å². The molecule has 3 rings (SSSR count). The molecule has 1 aromatic heterocycles. The quantitative estimate of drug-likeness (QED) is 0.905. The molecule has 1 N–H and O–H groups in total. The van der Waals surface area contributed by atoms with Gasteiger partial charge in [-0.25, -0.2) is 9.78 Å². The molecule has 1 heterocycles. The minimum atomic E-state index is -1.01. The smallest absolute Gasteiger partial charge is 0.373 e. The van der Waals surface area contributed by atoms with Crippen molar-refractivity contribution in [1.82, 2.24) is 4.98 Å². The largest absolute Gasteiger partial charge is 0.475 e. The van der Waals surface area contributed by atoms with Gasteiger partial charge in [0.05, 0.1) is 5.69 Å². The molecule has 0 spiro atoms. The summed E-state index contributed by atoms with van der Waals surface area (Å²) in [6.07, 6.45) is 3.49. The van der Waals surface area contributed by atoms with Crippen molar-refractivity contribution in [2.45, 2.75) is 38.5 Å². The highest BCUT2D eigenvalue weighted by atomic mass is 16.4. The second kappa shape index (κ2) is 5.12. The van der Waals surface area contributed by atoms with Crippen LogP contribution in [0, 0.1) is 6.92 Å². The summed E-state index contributed by atoms with van der Waals surface area (Å²) in [6.45, 7) is 2.07. The fourth-order valence-corrected chi connectivity index (χ4v) is 2.40. The average molecular weight is 271 g/mol. The zero-order valence-corrected chi connectivity index (χ0v) is 11.4. The normalized spacial score (nSPS) is 14.4. The van der Waals surface area contributed by atoms with Gasteiger partial charge >= 0.3 is 5.97 Å². The molecule has 1 saturated carbocycles. The summed E-state index contributed by atoms with van der Waals surface area (Å²) >= 11 is 0. The molecule has 0 atom stereocenters. The summed E-state index contributed by atoms with van der Waals surface area (Å²) in [7, 11) is 0. The van der Waals surface area contributed by atoms with Crippen molar-refractivity contribution in [3.8, 4) is 0 Å². The Kier molecular flexibility index (Phi) is 3.30. The van der Waals surface area contributed by atoms with E-state index in [2.05, 4.69) is 24.0 Å². The lowest BCUT2D eigenvalue weighted by Crippen LogP contribution is -1.98. The molecule has 1 fully saturated rings. The van der Waals surface area contributed by atoms with Gasteiger partial charge in [0, 0.05) is 12.3 Å². The SMILES string of the molecule is Cc1ccccc1CCc1nc(C2CC2)c(C(=O)O)o1. The van der Waals surface area contributed by atoms with Gasteiger partial charge in [0.2, 0.25) is 5.76 Å². The van der Waals surface area contributed by atoms with Crippen LogP contribution >= 0.6 is 0 Å². The van der Waals surface area contributed by atoms with E-state index < -0.39 is 5.97 Å². The lowest BCUT2D eigenvalue weighted by Gasteiger charge is -2.02. The molecule has 4 heteroatoms. The number of benzene rings is 1. The van der Waals surface area contributed by atoms with E-state index in [1.807, 2.05) is 12.1 Å². The standard InChI is InChI=1S/C16H17NO3/c1-10-4-2-3-5-11(10)8-9-13-17-14(12-6-7-12)15(20-13)16(18)19/h2-5,12H,6-9H2,1H3,(H,18,19). The van der Waals surface area contributed by atoms with Crippen molar-refractivity contribution in [1.29, 1.82) is 0 Å². The number of carboxylic acids is 1. The Bertz CT molecular complexity index is 641. The molecule has 0 amide bonds. The number of aromatic nitrogens is 1. The van der Waals surface area contributed by atoms with Gasteiger partial charge in [0.1, 0.15) is 0 Å². The van der Waals surface area contributed by atoms with Crippen LogP contribution in [-0.2, 0) is 12.8 Å². The number of aromatic carboxylic acids is 1. The number of hydrogen-bond donors (Lipinski definition) is 1. The number of carboxylic acid groups (broad SMARTS) is 1. The van der Waals surface area contributed by atoms with Crippen LogP contribution in [0.15, 0.2) is 28.7 Å². The summed E-state index contributed by atoms with van der Waals surface area (Å²) < 4.78 is 5.43. The maximum absolute atomic E-state index is 11.2. The first kappa shape index (κ1) is 12.9. The van der Waals surface area contributed by atoms with Crippen molar-refractivity contribution in [2.24, 2.45) is 0 Å². The van der Waals surface area contributed by atoms with Crippen LogP contribution in [0.5, 0.6) is 0 Å². The van der Waals surface area contributed by atoms with E-state index in [-0.39, 0.29) is 11.7 Å². The third-order valence-electron chi connectivity index (χ3n) is 3.73. The van der Waals surface area contributed by atoms with Crippen LogP contribution in [0.2, 0.25) is 0 Å². The second-order valence-corrected chi connectivity index (χ2v) is 5.33. The van der Waals surface area contributed by atoms with Crippen molar-refractivity contribution in [2.75, 3.05) is 0 Å². The molecule has 1 aliphatic rings. The Hall–Kier alpha value is -2.10. The summed E-state index contributed by atoms with van der Waals surface area (Å²) in [5.74, 6) is -0.154. The third-order valence-corrected chi connectivity index (χ3v) is 3.73. The zero-order valence-electron chi connectivity index (χ0n) is 11.4. The van der Waals surface area contributed by atoms with Gasteiger partial charge in [-0.1, -0.05) is 24.3 Å². The molecule has 0 radical (unpaired) electrons. The molecule has 104 valence electrons. The highest BCUT2D eigenvalue weighted by molar-refractivity contribution is 5.85. The first-order valence-electron chi connectivity index (χ1n) is 6.92. The Morgan fingerprint density at radius 2 is 2.10 bits per heavy atom. The minimum Gasteiger partial charge on any atom is -0.475 e. The molecule has 4 nitrogen and oxygen atoms in total. The van der Waals surface area contributed by atoms with E-state index in [4.69, 9.17) is 9.52 Å². The van der Waals surface area contributed by atoms with Crippen LogP contribution < -0.4 is 0 Å². The van der Waals surface area contributed by atoms with Crippen LogP contribution in [0.1, 0.15) is 52.0 Å². The van der Waals surface area contributed by atoms with Gasteiger partial charge in [-0.2, -0.15) is 0 Å². The Morgan fingerprint density at radius 1 is 1.35 bits per heavy atom. The molecular weight excluding hydrogens is 254 g/mol. The van der Waals surface area contributed by atoms with Crippen molar-refractivity contribution in [3.05, 3.63) is 52.7 Å². The Morgan fingerprint density at radius 3 is 2.75 bits per heavy atom. The molecular formula is C16H17NO3. The fraction of sp³-hybridized carbons (Fsp3) is 0.375. The fourth-order valence-electron chi connectivity index (χ4n) is 2.40. The number of hydrogen-bond acceptors (Lipinski definition) is 3. The molecule has 0 aliphatic heterocycles. The van der Waals surface area contributed by atoms with Gasteiger partial charge in [-0.05, 0) is 37.3 Å². The number of rotatable bonds is 5. The summed E-state index contributed by atoms with van der Waals surface area (Å²) in [5, 5.41) is 9.15. The van der Waals surface area contributed by atoms with E-state index >= 15 is 0 Å². The number of oxazole rings is 1. The van der Waals surface area contributed by atoms with Gasteiger partial charge in [-0.15, -0.1) is 0 Å². The summed E-state index contributed by atoms with van der Waals surface area (Å²) in [5.41, 5.74) is 3.12. The van der Waals surface area contributed by atoms with E-state index in [0.717, 1.165) is 19.3 Å². The molecule has 0 unspecified atom stereocenters. The Labute approximate surface area is 117 Å². The first-order valence-corrected chi connectivity index (χ1v) is 6.92. The summed E-state index contributed by atoms with van der Waals surface area (Å²) in [6, 6.07) is 8.18. The highest BCUT2D eigenvalue weighted by Gasteiger charge is 2.33. The predicted molar refractivity (Wildman–Crippen MR) is 74.0 cm³/mol. The first-order chi connectivity index (χ1) is 9.65. The van der Waals surface area contributed by atoms with Crippen LogP contribution in [0.25, 0.3) is 0 Å². The van der Waals surface area contributed by atoms with Gasteiger partial charge in [0.25, 0.3) is 0 Å². The van der Waals surface area contributed by atoms with Crippen LogP contribution in [0.3, 0.4) is 0 Å². The van der Waals surface area contributed by atoms with Crippen molar-refractivity contribution < 1.29 is 14.3 Å². The van der Waals surface area contributed by atoms with Crippen molar-refractivity contribution in [3.63, 3.8) is 0 Å². The molecule has 1 aromatic carbocycles. The zero-order chi connectivity index (χ0) is 14.1.